The number of hydrogen-bond acceptors (Lipinski definition) is 3. The molecular weight excluding hydrogens is 226 g/mol. The van der Waals surface area contributed by atoms with Gasteiger partial charge in [0.25, 0.3) is 0 Å². The second-order valence-corrected chi connectivity index (χ2v) is 5.66. The summed E-state index contributed by atoms with van der Waals surface area (Å²) in [6.07, 6.45) is 0.316. The van der Waals surface area contributed by atoms with E-state index >= 15 is 0 Å². The Hall–Kier alpha value is -1.06. The van der Waals surface area contributed by atoms with Gasteiger partial charge in [-0.15, -0.1) is 0 Å². The Morgan fingerprint density at radius 2 is 2.00 bits per heavy atom. The van der Waals surface area contributed by atoms with Crippen LogP contribution in [0, 0.1) is 0 Å². The minimum atomic E-state index is 0.104. The Morgan fingerprint density at radius 1 is 1.33 bits per heavy atom. The highest BCUT2D eigenvalue weighted by atomic mass is 16.5. The lowest BCUT2D eigenvalue weighted by Crippen LogP contribution is -2.54. The summed E-state index contributed by atoms with van der Waals surface area (Å²) in [4.78, 5) is 2.49. The van der Waals surface area contributed by atoms with Gasteiger partial charge in [-0.1, -0.05) is 12.1 Å². The first-order valence-corrected chi connectivity index (χ1v) is 6.51. The summed E-state index contributed by atoms with van der Waals surface area (Å²) in [6, 6.07) is 8.31. The summed E-state index contributed by atoms with van der Waals surface area (Å²) in [6.45, 7) is 9.36. The van der Waals surface area contributed by atoms with E-state index in [1.54, 1.807) is 7.11 Å². The molecule has 0 unspecified atom stereocenters. The van der Waals surface area contributed by atoms with E-state index in [0.717, 1.165) is 25.4 Å². The summed E-state index contributed by atoms with van der Waals surface area (Å²) < 4.78 is 10.9. The van der Waals surface area contributed by atoms with E-state index in [0.29, 0.717) is 6.10 Å². The summed E-state index contributed by atoms with van der Waals surface area (Å²) in [5.74, 6) is 0.911. The first kappa shape index (κ1) is 13.4. The molecule has 3 nitrogen and oxygen atoms in total. The third-order valence-corrected chi connectivity index (χ3v) is 3.59. The second kappa shape index (κ2) is 5.29. The molecular formula is C15H23NO2. The van der Waals surface area contributed by atoms with Crippen molar-refractivity contribution in [3.05, 3.63) is 29.8 Å². The zero-order chi connectivity index (χ0) is 13.2. The van der Waals surface area contributed by atoms with Gasteiger partial charge in [-0.3, -0.25) is 4.90 Å². The third-order valence-electron chi connectivity index (χ3n) is 3.59. The van der Waals surface area contributed by atoms with Gasteiger partial charge >= 0.3 is 0 Å². The van der Waals surface area contributed by atoms with Gasteiger partial charge in [-0.05, 0) is 38.5 Å². The van der Waals surface area contributed by atoms with Crippen molar-refractivity contribution in [2.24, 2.45) is 0 Å². The predicted octanol–water partition coefficient (Wildman–Crippen LogP) is 2.69. The molecule has 1 saturated heterocycles. The zero-order valence-electron chi connectivity index (χ0n) is 11.8. The van der Waals surface area contributed by atoms with Crippen LogP contribution >= 0.6 is 0 Å². The normalized spacial score (nSPS) is 23.9. The van der Waals surface area contributed by atoms with E-state index in [9.17, 15) is 0 Å². The minimum Gasteiger partial charge on any atom is -0.497 e. The topological polar surface area (TPSA) is 21.7 Å². The highest BCUT2D eigenvalue weighted by Crippen LogP contribution is 2.24. The Labute approximate surface area is 110 Å². The van der Waals surface area contributed by atoms with Crippen LogP contribution in [0.3, 0.4) is 0 Å². The average Bonchev–Trinajstić information content (AvgIpc) is 2.35. The van der Waals surface area contributed by atoms with Crippen LogP contribution in [0.1, 0.15) is 26.3 Å². The fourth-order valence-electron chi connectivity index (χ4n) is 2.28. The molecule has 0 amide bonds. The molecule has 0 spiro atoms. The van der Waals surface area contributed by atoms with Crippen molar-refractivity contribution >= 4 is 0 Å². The van der Waals surface area contributed by atoms with E-state index < -0.39 is 0 Å². The van der Waals surface area contributed by atoms with Crippen LogP contribution in [0.25, 0.3) is 0 Å². The standard InChI is InChI=1S/C15H23NO2/c1-12-9-16(15(2,3)11-18-12)10-13-5-7-14(17-4)8-6-13/h5-8,12H,9-11H2,1-4H3/t12-/m1/s1. The molecule has 18 heavy (non-hydrogen) atoms. The van der Waals surface area contributed by atoms with Crippen LogP contribution in [-0.4, -0.2) is 36.8 Å². The van der Waals surface area contributed by atoms with E-state index in [2.05, 4.69) is 37.8 Å². The molecule has 1 aliphatic heterocycles. The smallest absolute Gasteiger partial charge is 0.118 e. The lowest BCUT2D eigenvalue weighted by molar-refractivity contribution is -0.0949. The van der Waals surface area contributed by atoms with Crippen LogP contribution < -0.4 is 4.74 Å². The van der Waals surface area contributed by atoms with Crippen LogP contribution in [-0.2, 0) is 11.3 Å². The van der Waals surface area contributed by atoms with Crippen LogP contribution in [0.2, 0.25) is 0 Å². The number of nitrogens with zero attached hydrogens (tertiary/aromatic N) is 1. The average molecular weight is 249 g/mol. The maximum atomic E-state index is 5.74. The van der Waals surface area contributed by atoms with Gasteiger partial charge in [0.15, 0.2) is 0 Å². The first-order chi connectivity index (χ1) is 8.51. The van der Waals surface area contributed by atoms with Crippen molar-refractivity contribution < 1.29 is 9.47 Å². The number of hydrogen-bond donors (Lipinski definition) is 0. The summed E-state index contributed by atoms with van der Waals surface area (Å²) in [5.41, 5.74) is 1.42. The molecule has 0 radical (unpaired) electrons. The summed E-state index contributed by atoms with van der Waals surface area (Å²) in [7, 11) is 1.70. The monoisotopic (exact) mass is 249 g/mol. The van der Waals surface area contributed by atoms with Crippen molar-refractivity contribution in [3.63, 3.8) is 0 Å². The number of ether oxygens (including phenoxy) is 2. The molecule has 1 atom stereocenters. The minimum absolute atomic E-state index is 0.104. The van der Waals surface area contributed by atoms with Gasteiger partial charge in [0.05, 0.1) is 19.8 Å². The molecule has 2 rings (SSSR count). The lowest BCUT2D eigenvalue weighted by Gasteiger charge is -2.44. The van der Waals surface area contributed by atoms with Gasteiger partial charge in [0.2, 0.25) is 0 Å². The molecule has 1 aliphatic rings. The Balaban J connectivity index is 2.06. The maximum Gasteiger partial charge on any atom is 0.118 e. The van der Waals surface area contributed by atoms with Crippen LogP contribution in [0.4, 0.5) is 0 Å². The van der Waals surface area contributed by atoms with Gasteiger partial charge in [0, 0.05) is 18.6 Å². The highest BCUT2D eigenvalue weighted by Gasteiger charge is 2.33. The molecule has 1 fully saturated rings. The van der Waals surface area contributed by atoms with E-state index in [-0.39, 0.29) is 5.54 Å². The third kappa shape index (κ3) is 3.03. The molecule has 1 heterocycles. The van der Waals surface area contributed by atoms with Crippen molar-refractivity contribution in [2.75, 3.05) is 20.3 Å². The largest absolute Gasteiger partial charge is 0.497 e. The molecule has 0 N–H and O–H groups in total. The SMILES string of the molecule is COc1ccc(CN2C[C@@H](C)OCC2(C)C)cc1. The molecule has 1 aromatic rings. The molecule has 3 heteroatoms. The van der Waals surface area contributed by atoms with Gasteiger partial charge in [-0.25, -0.2) is 0 Å². The number of methoxy groups -OCH3 is 1. The van der Waals surface area contributed by atoms with Crippen molar-refractivity contribution in [1.82, 2.24) is 4.90 Å². The summed E-state index contributed by atoms with van der Waals surface area (Å²) in [5, 5.41) is 0. The summed E-state index contributed by atoms with van der Waals surface area (Å²) >= 11 is 0. The Kier molecular flexibility index (Phi) is 3.93. The highest BCUT2D eigenvalue weighted by molar-refractivity contribution is 5.27. The van der Waals surface area contributed by atoms with Gasteiger partial charge in [0.1, 0.15) is 5.75 Å². The Bertz CT molecular complexity index is 386. The van der Waals surface area contributed by atoms with Gasteiger partial charge < -0.3 is 9.47 Å². The quantitative estimate of drug-likeness (QED) is 0.822. The van der Waals surface area contributed by atoms with Crippen LogP contribution in [0.15, 0.2) is 24.3 Å². The molecule has 0 aliphatic carbocycles. The van der Waals surface area contributed by atoms with E-state index in [1.807, 2.05) is 12.1 Å². The van der Waals surface area contributed by atoms with Crippen molar-refractivity contribution in [1.29, 1.82) is 0 Å². The zero-order valence-corrected chi connectivity index (χ0v) is 11.8. The van der Waals surface area contributed by atoms with E-state index in [4.69, 9.17) is 9.47 Å². The maximum absolute atomic E-state index is 5.74. The van der Waals surface area contributed by atoms with Crippen molar-refractivity contribution in [3.8, 4) is 5.75 Å². The van der Waals surface area contributed by atoms with E-state index in [1.165, 1.54) is 5.56 Å². The second-order valence-electron chi connectivity index (χ2n) is 5.66. The molecule has 0 bridgehead atoms. The predicted molar refractivity (Wildman–Crippen MR) is 72.9 cm³/mol. The Morgan fingerprint density at radius 3 is 2.61 bits per heavy atom. The van der Waals surface area contributed by atoms with Crippen LogP contribution in [0.5, 0.6) is 5.75 Å². The van der Waals surface area contributed by atoms with Crippen molar-refractivity contribution in [2.45, 2.75) is 39.0 Å². The number of rotatable bonds is 3. The lowest BCUT2D eigenvalue weighted by atomic mass is 10.00. The number of benzene rings is 1. The fraction of sp³-hybridized carbons (Fsp3) is 0.600. The fourth-order valence-corrected chi connectivity index (χ4v) is 2.28. The molecule has 100 valence electrons. The molecule has 1 aromatic carbocycles. The number of morpholine rings is 1. The van der Waals surface area contributed by atoms with Gasteiger partial charge in [-0.2, -0.15) is 0 Å². The first-order valence-electron chi connectivity index (χ1n) is 6.51. The molecule has 0 aromatic heterocycles. The molecule has 0 saturated carbocycles.